The quantitative estimate of drug-likeness (QED) is 0.131. The molecule has 3 aromatic carbocycles. The van der Waals surface area contributed by atoms with Crippen LogP contribution in [0, 0.1) is 5.82 Å². The van der Waals surface area contributed by atoms with Crippen LogP contribution in [0.25, 0.3) is 11.1 Å². The highest BCUT2D eigenvalue weighted by atomic mass is 32.1. The Hall–Kier alpha value is -6.26. The summed E-state index contributed by atoms with van der Waals surface area (Å²) in [4.78, 5) is 79.5. The van der Waals surface area contributed by atoms with Crippen molar-refractivity contribution in [1.29, 1.82) is 0 Å². The molecule has 14 nitrogen and oxygen atoms in total. The number of nitrogens with zero attached hydrogens (tertiary/aromatic N) is 6. The number of carbonyl (C=O) groups excluding carboxylic acids is 5. The van der Waals surface area contributed by atoms with Gasteiger partial charge in [-0.3, -0.25) is 39.5 Å². The Labute approximate surface area is 374 Å². The molecule has 1 unspecified atom stereocenters. The average Bonchev–Trinajstić information content (AvgIpc) is 4.14. The van der Waals surface area contributed by atoms with E-state index in [0.717, 1.165) is 75.1 Å². The molecule has 5 aliphatic rings. The largest absolute Gasteiger partial charge is 0.374 e. The molecule has 7 heterocycles. The van der Waals surface area contributed by atoms with Crippen LogP contribution in [-0.4, -0.2) is 97.5 Å². The van der Waals surface area contributed by atoms with Gasteiger partial charge in [-0.1, -0.05) is 36.4 Å². The number of carbonyl (C=O) groups is 5. The summed E-state index contributed by atoms with van der Waals surface area (Å²) < 4.78 is 18.0. The van der Waals surface area contributed by atoms with Crippen LogP contribution in [0.4, 0.5) is 15.2 Å². The molecule has 0 aliphatic carbocycles. The lowest BCUT2D eigenvalue weighted by Crippen LogP contribution is -2.47. The molecule has 64 heavy (non-hydrogen) atoms. The normalized spacial score (nSPS) is 20.0. The first-order valence-corrected chi connectivity index (χ1v) is 23.2. The SMILES string of the molecule is O=C1CC[C@@H](Nc2ccc(C3CCN(CC(=O)N4CCC(c5ccc(-c6cc(F)c7c(c6)C(=O)N(C(C(=O)Nc6nccs6)c6ncn8c6CCC8)C7)cc5)CC4)CC3)cc2)C(=O)N1. The maximum absolute atomic E-state index is 16.0. The van der Waals surface area contributed by atoms with E-state index in [2.05, 4.69) is 55.1 Å². The summed E-state index contributed by atoms with van der Waals surface area (Å²) in [6.45, 7) is 4.27. The van der Waals surface area contributed by atoms with Crippen molar-refractivity contribution in [2.45, 2.75) is 88.4 Å². The number of hydrogen-bond acceptors (Lipinski definition) is 10. The fourth-order valence-corrected chi connectivity index (χ4v) is 10.7. The number of fused-ring (bicyclic) bond motifs is 2. The Kier molecular flexibility index (Phi) is 11.6. The fourth-order valence-electron chi connectivity index (χ4n) is 10.2. The average molecular weight is 884 g/mol. The van der Waals surface area contributed by atoms with Crippen LogP contribution in [0.2, 0.25) is 0 Å². The lowest BCUT2D eigenvalue weighted by molar-refractivity contribution is -0.134. The van der Waals surface area contributed by atoms with Crippen molar-refractivity contribution < 1.29 is 28.4 Å². The molecule has 2 aromatic heterocycles. The van der Waals surface area contributed by atoms with Gasteiger partial charge in [0.15, 0.2) is 11.2 Å². The number of aryl methyl sites for hydroxylation is 1. The molecule has 2 atom stereocenters. The third-order valence-electron chi connectivity index (χ3n) is 13.8. The summed E-state index contributed by atoms with van der Waals surface area (Å²) in [5, 5.41) is 10.7. The number of thiazole rings is 1. The van der Waals surface area contributed by atoms with Crippen LogP contribution in [-0.2, 0) is 38.7 Å². The molecule has 5 amide bonds. The second-order valence-electron chi connectivity index (χ2n) is 17.6. The predicted molar refractivity (Wildman–Crippen MR) is 239 cm³/mol. The number of imide groups is 1. The minimum atomic E-state index is -1.05. The van der Waals surface area contributed by atoms with Crippen molar-refractivity contribution in [3.63, 3.8) is 0 Å². The first-order valence-electron chi connectivity index (χ1n) is 22.3. The lowest BCUT2D eigenvalue weighted by atomic mass is 9.88. The number of halogens is 1. The monoisotopic (exact) mass is 883 g/mol. The van der Waals surface area contributed by atoms with E-state index in [1.807, 2.05) is 33.7 Å². The van der Waals surface area contributed by atoms with Crippen molar-refractivity contribution in [2.24, 2.45) is 0 Å². The van der Waals surface area contributed by atoms with Gasteiger partial charge in [0.2, 0.25) is 17.7 Å². The van der Waals surface area contributed by atoms with Gasteiger partial charge in [0.25, 0.3) is 11.8 Å². The third-order valence-corrected chi connectivity index (χ3v) is 14.4. The molecule has 0 radical (unpaired) electrons. The molecule has 3 fully saturated rings. The minimum Gasteiger partial charge on any atom is -0.374 e. The molecule has 330 valence electrons. The van der Waals surface area contributed by atoms with Crippen molar-refractivity contribution >= 4 is 51.7 Å². The number of imidazole rings is 1. The van der Waals surface area contributed by atoms with Crippen LogP contribution < -0.4 is 16.0 Å². The van der Waals surface area contributed by atoms with Gasteiger partial charge in [-0.25, -0.2) is 14.4 Å². The number of benzene rings is 3. The summed E-state index contributed by atoms with van der Waals surface area (Å²) in [5.41, 5.74) is 6.60. The van der Waals surface area contributed by atoms with E-state index in [-0.39, 0.29) is 35.4 Å². The third kappa shape index (κ3) is 8.43. The molecule has 10 rings (SSSR count). The molecular formula is C48H50FN9O5S. The topological polar surface area (TPSA) is 162 Å². The summed E-state index contributed by atoms with van der Waals surface area (Å²) in [5.74, 6) is -0.970. The fraction of sp³-hybridized carbons (Fsp3) is 0.396. The van der Waals surface area contributed by atoms with E-state index in [0.29, 0.717) is 60.7 Å². The van der Waals surface area contributed by atoms with Gasteiger partial charge in [0.1, 0.15) is 11.9 Å². The smallest absolute Gasteiger partial charge is 0.255 e. The van der Waals surface area contributed by atoms with Crippen LogP contribution in [0.15, 0.2) is 78.6 Å². The number of piperidine rings is 3. The van der Waals surface area contributed by atoms with Crippen molar-refractivity contribution in [1.82, 2.24) is 34.6 Å². The summed E-state index contributed by atoms with van der Waals surface area (Å²) in [6, 6.07) is 18.1. The van der Waals surface area contributed by atoms with Crippen molar-refractivity contribution in [2.75, 3.05) is 43.4 Å². The van der Waals surface area contributed by atoms with Crippen LogP contribution in [0.3, 0.4) is 0 Å². The summed E-state index contributed by atoms with van der Waals surface area (Å²) in [7, 11) is 0. The maximum Gasteiger partial charge on any atom is 0.255 e. The Morgan fingerprint density at radius 3 is 2.27 bits per heavy atom. The zero-order valence-electron chi connectivity index (χ0n) is 35.4. The number of hydrogen-bond donors (Lipinski definition) is 3. The predicted octanol–water partition coefficient (Wildman–Crippen LogP) is 6.23. The van der Waals surface area contributed by atoms with Crippen molar-refractivity contribution in [3.8, 4) is 11.1 Å². The van der Waals surface area contributed by atoms with E-state index in [4.69, 9.17) is 0 Å². The number of anilines is 2. The van der Waals surface area contributed by atoms with Gasteiger partial charge in [-0.05, 0) is 116 Å². The first-order chi connectivity index (χ1) is 31.1. The van der Waals surface area contributed by atoms with E-state index < -0.39 is 29.7 Å². The molecule has 3 saturated heterocycles. The highest BCUT2D eigenvalue weighted by molar-refractivity contribution is 7.13. The van der Waals surface area contributed by atoms with Crippen molar-refractivity contribution in [3.05, 3.63) is 118 Å². The van der Waals surface area contributed by atoms with Crippen LogP contribution in [0.1, 0.15) is 101 Å². The Balaban J connectivity index is 0.722. The van der Waals surface area contributed by atoms with Crippen LogP contribution in [0.5, 0.6) is 0 Å². The van der Waals surface area contributed by atoms with Gasteiger partial charge in [-0.2, -0.15) is 0 Å². The number of nitrogens with one attached hydrogen (secondary N) is 3. The molecule has 0 saturated carbocycles. The standard InChI is InChI=1S/C48H50FN9O5S/c49-38-25-34(24-36-37(38)26-58(47(36)63)44(46(62)54-48-50-17-23-64-48)43-40-2-1-18-57(40)28-51-43)31-5-3-29(4-6-31)33-15-21-56(22-16-33)42(60)27-55-19-13-32(14-20-55)30-7-9-35(10-8-30)52-39-11-12-41(59)53-45(39)61/h3-10,17,23-25,28,32-33,39,44,52H,1-2,11-16,18-22,26-27H2,(H,50,54,62)(H,53,59,61)/t39-,44?/m1/s1. The van der Waals surface area contributed by atoms with E-state index in [9.17, 15) is 24.0 Å². The number of amides is 5. The highest BCUT2D eigenvalue weighted by Gasteiger charge is 2.42. The van der Waals surface area contributed by atoms with Gasteiger partial charge < -0.3 is 19.7 Å². The zero-order valence-corrected chi connectivity index (χ0v) is 36.2. The maximum atomic E-state index is 16.0. The molecule has 16 heteroatoms. The second kappa shape index (κ2) is 17.7. The number of aromatic nitrogens is 3. The first kappa shape index (κ1) is 41.7. The summed E-state index contributed by atoms with van der Waals surface area (Å²) >= 11 is 1.28. The molecule has 5 aromatic rings. The Morgan fingerprint density at radius 1 is 0.844 bits per heavy atom. The number of likely N-dealkylation sites (tertiary alicyclic amines) is 2. The second-order valence-corrected chi connectivity index (χ2v) is 18.5. The zero-order chi connectivity index (χ0) is 43.9. The number of rotatable bonds is 11. The van der Waals surface area contributed by atoms with Gasteiger partial charge >= 0.3 is 0 Å². The van der Waals surface area contributed by atoms with Gasteiger partial charge in [0.05, 0.1) is 25.1 Å². The van der Waals surface area contributed by atoms with E-state index >= 15 is 4.39 Å². The van der Waals surface area contributed by atoms with Crippen LogP contribution >= 0.6 is 11.3 Å². The molecular weight excluding hydrogens is 834 g/mol. The molecule has 5 aliphatic heterocycles. The summed E-state index contributed by atoms with van der Waals surface area (Å²) in [6.07, 6.45) is 9.46. The molecule has 0 spiro atoms. The van der Waals surface area contributed by atoms with Gasteiger partial charge in [-0.15, -0.1) is 11.3 Å². The Bertz CT molecular complexity index is 2580. The minimum absolute atomic E-state index is 0.0491. The Morgan fingerprint density at radius 2 is 1.56 bits per heavy atom. The lowest BCUT2D eigenvalue weighted by Gasteiger charge is -2.36. The molecule has 0 bridgehead atoms. The highest BCUT2D eigenvalue weighted by Crippen LogP contribution is 2.39. The molecule has 3 N–H and O–H groups in total. The van der Waals surface area contributed by atoms with E-state index in [1.165, 1.54) is 33.4 Å². The van der Waals surface area contributed by atoms with Gasteiger partial charge in [0, 0.05) is 60.1 Å². The van der Waals surface area contributed by atoms with E-state index in [1.54, 1.807) is 24.0 Å².